The Hall–Kier alpha value is -2.54. The van der Waals surface area contributed by atoms with E-state index in [1.165, 1.54) is 0 Å². The van der Waals surface area contributed by atoms with Crippen molar-refractivity contribution in [1.29, 1.82) is 0 Å². The minimum absolute atomic E-state index is 0.0741. The summed E-state index contributed by atoms with van der Waals surface area (Å²) in [6, 6.07) is 11.1. The first-order valence-corrected chi connectivity index (χ1v) is 9.07. The Balaban J connectivity index is 1.49. The van der Waals surface area contributed by atoms with Crippen LogP contribution in [-0.2, 0) is 9.59 Å². The Morgan fingerprint density at radius 2 is 2.00 bits per heavy atom. The summed E-state index contributed by atoms with van der Waals surface area (Å²) in [6.45, 7) is 2.46. The lowest BCUT2D eigenvalue weighted by Gasteiger charge is -2.17. The van der Waals surface area contributed by atoms with E-state index < -0.39 is 5.92 Å². The lowest BCUT2D eigenvalue weighted by Crippen LogP contribution is -2.28. The van der Waals surface area contributed by atoms with Crippen LogP contribution in [-0.4, -0.2) is 25.2 Å². The number of rotatable bonds is 3. The molecule has 2 aliphatic heterocycles. The molecule has 0 saturated carbocycles. The van der Waals surface area contributed by atoms with Crippen molar-refractivity contribution in [2.75, 3.05) is 23.6 Å². The molecular weight excluding hydrogens is 400 g/mol. The number of hydrogen-bond donors (Lipinski definition) is 1. The average molecular weight is 417 g/mol. The maximum Gasteiger partial charge on any atom is 0.231 e. The van der Waals surface area contributed by atoms with Crippen LogP contribution in [0.3, 0.4) is 0 Å². The Morgan fingerprint density at radius 1 is 1.19 bits per heavy atom. The standard InChI is InChI=1S/C19H17BrN2O4/c1-11-2-3-13(20)7-15(11)21-19(24)12-6-18(23)22(9-12)14-4-5-16-17(8-14)26-10-25-16/h2-5,7-8,12H,6,9-10H2,1H3,(H,21,24)/t12-/m0/s1. The zero-order valence-corrected chi connectivity index (χ0v) is 15.7. The fourth-order valence-corrected chi connectivity index (χ4v) is 3.51. The number of nitrogens with zero attached hydrogens (tertiary/aromatic N) is 1. The molecule has 1 saturated heterocycles. The van der Waals surface area contributed by atoms with Crippen LogP contribution in [0, 0.1) is 12.8 Å². The topological polar surface area (TPSA) is 67.9 Å². The van der Waals surface area contributed by atoms with Crippen molar-refractivity contribution < 1.29 is 19.1 Å². The van der Waals surface area contributed by atoms with E-state index in [4.69, 9.17) is 9.47 Å². The van der Waals surface area contributed by atoms with Gasteiger partial charge in [0, 0.05) is 34.9 Å². The van der Waals surface area contributed by atoms with E-state index in [1.54, 1.807) is 17.0 Å². The lowest BCUT2D eigenvalue weighted by atomic mass is 10.1. The van der Waals surface area contributed by atoms with Crippen LogP contribution >= 0.6 is 15.9 Å². The van der Waals surface area contributed by atoms with Gasteiger partial charge in [0.05, 0.1) is 5.92 Å². The second-order valence-corrected chi connectivity index (χ2v) is 7.31. The first-order chi connectivity index (χ1) is 12.5. The molecule has 0 radical (unpaired) electrons. The van der Waals surface area contributed by atoms with Crippen LogP contribution in [0.4, 0.5) is 11.4 Å². The summed E-state index contributed by atoms with van der Waals surface area (Å²) >= 11 is 3.41. The molecule has 2 heterocycles. The van der Waals surface area contributed by atoms with Crippen molar-refractivity contribution in [1.82, 2.24) is 0 Å². The molecule has 7 heteroatoms. The minimum Gasteiger partial charge on any atom is -0.454 e. The summed E-state index contributed by atoms with van der Waals surface area (Å²) in [5.74, 6) is 0.664. The van der Waals surface area contributed by atoms with Crippen LogP contribution in [0.1, 0.15) is 12.0 Å². The maximum absolute atomic E-state index is 12.6. The van der Waals surface area contributed by atoms with Gasteiger partial charge in [-0.2, -0.15) is 0 Å². The molecule has 0 aromatic heterocycles. The molecule has 2 aromatic carbocycles. The Kier molecular flexibility index (Phi) is 4.32. The molecule has 26 heavy (non-hydrogen) atoms. The van der Waals surface area contributed by atoms with Crippen molar-refractivity contribution in [3.8, 4) is 11.5 Å². The Bertz CT molecular complexity index is 899. The molecule has 0 spiro atoms. The third kappa shape index (κ3) is 3.14. The quantitative estimate of drug-likeness (QED) is 0.831. The number of benzene rings is 2. The molecule has 1 N–H and O–H groups in total. The SMILES string of the molecule is Cc1ccc(Br)cc1NC(=O)[C@H]1CC(=O)N(c2ccc3c(c2)OCO3)C1. The molecule has 4 rings (SSSR count). The highest BCUT2D eigenvalue weighted by molar-refractivity contribution is 9.10. The Labute approximate surface area is 159 Å². The monoisotopic (exact) mass is 416 g/mol. The lowest BCUT2D eigenvalue weighted by molar-refractivity contribution is -0.122. The molecule has 0 unspecified atom stereocenters. The van der Waals surface area contributed by atoms with Crippen LogP contribution in [0.5, 0.6) is 11.5 Å². The summed E-state index contributed by atoms with van der Waals surface area (Å²) in [5.41, 5.74) is 2.44. The van der Waals surface area contributed by atoms with E-state index >= 15 is 0 Å². The van der Waals surface area contributed by atoms with Crippen molar-refractivity contribution in [2.45, 2.75) is 13.3 Å². The number of hydrogen-bond acceptors (Lipinski definition) is 4. The second kappa shape index (κ2) is 6.64. The fourth-order valence-electron chi connectivity index (χ4n) is 3.15. The third-order valence-corrected chi connectivity index (χ3v) is 5.11. The average Bonchev–Trinajstić information content (AvgIpc) is 3.23. The van der Waals surface area contributed by atoms with Gasteiger partial charge in [-0.25, -0.2) is 0 Å². The van der Waals surface area contributed by atoms with Gasteiger partial charge in [-0.05, 0) is 36.8 Å². The number of amides is 2. The number of anilines is 2. The van der Waals surface area contributed by atoms with Crippen molar-refractivity contribution in [3.63, 3.8) is 0 Å². The van der Waals surface area contributed by atoms with E-state index in [9.17, 15) is 9.59 Å². The highest BCUT2D eigenvalue weighted by atomic mass is 79.9. The minimum atomic E-state index is -0.397. The van der Waals surface area contributed by atoms with Crippen LogP contribution in [0.15, 0.2) is 40.9 Å². The highest BCUT2D eigenvalue weighted by Gasteiger charge is 2.35. The van der Waals surface area contributed by atoms with Gasteiger partial charge < -0.3 is 19.7 Å². The normalized spacial score (nSPS) is 18.3. The molecule has 2 aromatic rings. The van der Waals surface area contributed by atoms with Gasteiger partial charge in [-0.15, -0.1) is 0 Å². The first-order valence-electron chi connectivity index (χ1n) is 8.28. The number of carbonyl (C=O) groups excluding carboxylic acids is 2. The molecule has 2 amide bonds. The largest absolute Gasteiger partial charge is 0.454 e. The Morgan fingerprint density at radius 3 is 2.85 bits per heavy atom. The number of fused-ring (bicyclic) bond motifs is 1. The molecule has 1 atom stereocenters. The van der Waals surface area contributed by atoms with E-state index in [0.717, 1.165) is 15.7 Å². The molecule has 0 bridgehead atoms. The summed E-state index contributed by atoms with van der Waals surface area (Å²) in [4.78, 5) is 26.7. The van der Waals surface area contributed by atoms with Crippen molar-refractivity contribution in [2.24, 2.45) is 5.92 Å². The van der Waals surface area contributed by atoms with Gasteiger partial charge in [0.1, 0.15) is 0 Å². The molecule has 1 fully saturated rings. The van der Waals surface area contributed by atoms with E-state index in [-0.39, 0.29) is 25.0 Å². The van der Waals surface area contributed by atoms with E-state index in [1.807, 2.05) is 31.2 Å². The van der Waals surface area contributed by atoms with Gasteiger partial charge in [0.15, 0.2) is 11.5 Å². The zero-order valence-electron chi connectivity index (χ0n) is 14.1. The van der Waals surface area contributed by atoms with Crippen molar-refractivity contribution in [3.05, 3.63) is 46.4 Å². The fraction of sp³-hybridized carbons (Fsp3) is 0.263. The van der Waals surface area contributed by atoms with E-state index in [0.29, 0.717) is 23.7 Å². The predicted octanol–water partition coefficient (Wildman–Crippen LogP) is 3.48. The molecular formula is C19H17BrN2O4. The van der Waals surface area contributed by atoms with Gasteiger partial charge in [-0.3, -0.25) is 9.59 Å². The van der Waals surface area contributed by atoms with Crippen LogP contribution in [0.25, 0.3) is 0 Å². The second-order valence-electron chi connectivity index (χ2n) is 6.39. The number of halogens is 1. The number of carbonyl (C=O) groups is 2. The maximum atomic E-state index is 12.6. The first kappa shape index (κ1) is 16.9. The summed E-state index contributed by atoms with van der Waals surface area (Å²) in [5, 5.41) is 2.93. The van der Waals surface area contributed by atoms with Gasteiger partial charge in [-0.1, -0.05) is 22.0 Å². The third-order valence-electron chi connectivity index (χ3n) is 4.62. The molecule has 2 aliphatic rings. The van der Waals surface area contributed by atoms with Gasteiger partial charge in [0.2, 0.25) is 18.6 Å². The molecule has 134 valence electrons. The summed E-state index contributed by atoms with van der Waals surface area (Å²) in [7, 11) is 0. The smallest absolute Gasteiger partial charge is 0.231 e. The summed E-state index contributed by atoms with van der Waals surface area (Å²) < 4.78 is 11.6. The zero-order chi connectivity index (χ0) is 18.3. The molecule has 6 nitrogen and oxygen atoms in total. The van der Waals surface area contributed by atoms with Gasteiger partial charge >= 0.3 is 0 Å². The van der Waals surface area contributed by atoms with Crippen LogP contribution < -0.4 is 19.7 Å². The molecule has 0 aliphatic carbocycles. The number of ether oxygens (including phenoxy) is 2. The van der Waals surface area contributed by atoms with Gasteiger partial charge in [0.25, 0.3) is 0 Å². The summed E-state index contributed by atoms with van der Waals surface area (Å²) in [6.07, 6.45) is 0.188. The van der Waals surface area contributed by atoms with Crippen molar-refractivity contribution >= 4 is 39.1 Å². The van der Waals surface area contributed by atoms with Crippen LogP contribution in [0.2, 0.25) is 0 Å². The predicted molar refractivity (Wildman–Crippen MR) is 101 cm³/mol. The highest BCUT2D eigenvalue weighted by Crippen LogP contribution is 2.37. The van der Waals surface area contributed by atoms with E-state index in [2.05, 4.69) is 21.2 Å². The number of aryl methyl sites for hydroxylation is 1. The number of nitrogens with one attached hydrogen (secondary N) is 1.